The molecule has 8 heteroatoms. The molecule has 134 valence electrons. The third-order valence-corrected chi connectivity index (χ3v) is 7.04. The van der Waals surface area contributed by atoms with Crippen LogP contribution in [-0.2, 0) is 21.2 Å². The lowest BCUT2D eigenvalue weighted by Gasteiger charge is -2.34. The Morgan fingerprint density at radius 3 is 2.52 bits per heavy atom. The average molecular weight is 382 g/mol. The molecule has 0 spiro atoms. The summed E-state index contributed by atoms with van der Waals surface area (Å²) in [6.45, 7) is 2.76. The Labute approximate surface area is 150 Å². The summed E-state index contributed by atoms with van der Waals surface area (Å²) in [5, 5.41) is 1.93. The monoisotopic (exact) mass is 382 g/mol. The second kappa shape index (κ2) is 7.23. The Hall–Kier alpha value is -1.77. The number of aryl methyl sites for hydroxylation is 1. The molecular weight excluding hydrogens is 363 g/mol. The molecule has 1 amide bonds. The van der Waals surface area contributed by atoms with Gasteiger partial charge in [0.1, 0.15) is 5.82 Å². The number of rotatable bonds is 4. The van der Waals surface area contributed by atoms with Gasteiger partial charge in [0.2, 0.25) is 15.9 Å². The highest BCUT2D eigenvalue weighted by Gasteiger charge is 2.30. The van der Waals surface area contributed by atoms with Gasteiger partial charge in [-0.2, -0.15) is 4.31 Å². The lowest BCUT2D eigenvalue weighted by Crippen LogP contribution is -2.50. The van der Waals surface area contributed by atoms with E-state index >= 15 is 0 Å². The molecular formula is C17H19FN2O3S2. The molecule has 3 rings (SSSR count). The van der Waals surface area contributed by atoms with Crippen molar-refractivity contribution in [3.8, 4) is 0 Å². The first-order valence-corrected chi connectivity index (χ1v) is 10.3. The summed E-state index contributed by atoms with van der Waals surface area (Å²) in [6, 6.07) is 7.62. The number of carbonyl (C=O) groups is 1. The van der Waals surface area contributed by atoms with Crippen molar-refractivity contribution < 1.29 is 17.6 Å². The van der Waals surface area contributed by atoms with E-state index in [9.17, 15) is 17.6 Å². The van der Waals surface area contributed by atoms with Crippen LogP contribution >= 0.6 is 11.3 Å². The van der Waals surface area contributed by atoms with Crippen LogP contribution in [0.3, 0.4) is 0 Å². The van der Waals surface area contributed by atoms with Gasteiger partial charge in [0, 0.05) is 31.1 Å². The third-order valence-electron chi connectivity index (χ3n) is 4.26. The smallest absolute Gasteiger partial charge is 0.243 e. The van der Waals surface area contributed by atoms with E-state index in [0.717, 1.165) is 4.88 Å². The first-order chi connectivity index (χ1) is 11.9. The summed E-state index contributed by atoms with van der Waals surface area (Å²) in [7, 11) is -3.67. The number of carbonyl (C=O) groups excluding carboxylic acids is 1. The van der Waals surface area contributed by atoms with Crippen molar-refractivity contribution in [2.24, 2.45) is 0 Å². The molecule has 1 aromatic carbocycles. The average Bonchev–Trinajstić information content (AvgIpc) is 3.10. The molecule has 25 heavy (non-hydrogen) atoms. The molecule has 0 unspecified atom stereocenters. The van der Waals surface area contributed by atoms with E-state index in [1.165, 1.54) is 40.8 Å². The van der Waals surface area contributed by atoms with Gasteiger partial charge in [-0.25, -0.2) is 12.8 Å². The van der Waals surface area contributed by atoms with Gasteiger partial charge < -0.3 is 4.90 Å². The van der Waals surface area contributed by atoms with Crippen LogP contribution in [0.15, 0.2) is 40.6 Å². The number of hydrogen-bond donors (Lipinski definition) is 0. The van der Waals surface area contributed by atoms with Crippen LogP contribution in [0.1, 0.15) is 10.4 Å². The van der Waals surface area contributed by atoms with Crippen molar-refractivity contribution in [1.82, 2.24) is 9.21 Å². The molecule has 1 aliphatic heterocycles. The molecule has 1 fully saturated rings. The van der Waals surface area contributed by atoms with Crippen molar-refractivity contribution in [1.29, 1.82) is 0 Å². The molecule has 0 atom stereocenters. The van der Waals surface area contributed by atoms with Crippen LogP contribution in [-0.4, -0.2) is 49.7 Å². The van der Waals surface area contributed by atoms with Gasteiger partial charge in [0.05, 0.1) is 11.3 Å². The number of halogens is 1. The van der Waals surface area contributed by atoms with Crippen LogP contribution in [0.25, 0.3) is 0 Å². The summed E-state index contributed by atoms with van der Waals surface area (Å²) in [5.74, 6) is -0.417. The van der Waals surface area contributed by atoms with Crippen molar-refractivity contribution in [2.45, 2.75) is 18.2 Å². The highest BCUT2D eigenvalue weighted by atomic mass is 32.2. The van der Waals surface area contributed by atoms with E-state index in [0.29, 0.717) is 25.1 Å². The number of hydrogen-bond acceptors (Lipinski definition) is 4. The third kappa shape index (κ3) is 3.91. The predicted octanol–water partition coefficient (Wildman–Crippen LogP) is 2.27. The molecule has 0 N–H and O–H groups in total. The zero-order valence-corrected chi connectivity index (χ0v) is 15.4. The minimum Gasteiger partial charge on any atom is -0.340 e. The molecule has 1 aliphatic rings. The molecule has 1 saturated heterocycles. The maximum Gasteiger partial charge on any atom is 0.243 e. The van der Waals surface area contributed by atoms with E-state index in [4.69, 9.17) is 0 Å². The second-order valence-electron chi connectivity index (χ2n) is 5.95. The number of amides is 1. The molecule has 1 aromatic heterocycles. The van der Waals surface area contributed by atoms with E-state index in [-0.39, 0.29) is 23.9 Å². The number of sulfonamides is 1. The maximum atomic E-state index is 13.4. The quantitative estimate of drug-likeness (QED) is 0.815. The number of piperazine rings is 1. The van der Waals surface area contributed by atoms with E-state index < -0.39 is 15.8 Å². The van der Waals surface area contributed by atoms with Gasteiger partial charge in [0.25, 0.3) is 0 Å². The van der Waals surface area contributed by atoms with Gasteiger partial charge in [-0.05, 0) is 42.1 Å². The fourth-order valence-electron chi connectivity index (χ4n) is 2.78. The highest BCUT2D eigenvalue weighted by molar-refractivity contribution is 7.89. The SMILES string of the molecule is Cc1cc(S(=O)(=O)N2CCN(C(=O)Cc3cccs3)CC2)ccc1F. The van der Waals surface area contributed by atoms with Gasteiger partial charge in [-0.3, -0.25) is 4.79 Å². The van der Waals surface area contributed by atoms with Crippen molar-refractivity contribution in [3.05, 3.63) is 52.0 Å². The normalized spacial score (nSPS) is 16.2. The Bertz CT molecular complexity index is 858. The zero-order valence-electron chi connectivity index (χ0n) is 13.8. The van der Waals surface area contributed by atoms with Crippen LogP contribution < -0.4 is 0 Å². The fraction of sp³-hybridized carbons (Fsp3) is 0.353. The Kier molecular flexibility index (Phi) is 5.21. The molecule has 0 saturated carbocycles. The molecule has 0 bridgehead atoms. The van der Waals surface area contributed by atoms with Crippen molar-refractivity contribution >= 4 is 27.3 Å². The molecule has 2 aromatic rings. The Morgan fingerprint density at radius 1 is 1.20 bits per heavy atom. The van der Waals surface area contributed by atoms with Gasteiger partial charge >= 0.3 is 0 Å². The van der Waals surface area contributed by atoms with E-state index in [2.05, 4.69) is 0 Å². The standard InChI is InChI=1S/C17H19FN2O3S2/c1-13-11-15(4-5-16(13)18)25(22,23)20-8-6-19(7-9-20)17(21)12-14-3-2-10-24-14/h2-5,10-11H,6-9,12H2,1H3. The summed E-state index contributed by atoms with van der Waals surface area (Å²) in [4.78, 5) is 15.1. The number of nitrogens with zero attached hydrogens (tertiary/aromatic N) is 2. The minimum absolute atomic E-state index is 0.0112. The Morgan fingerprint density at radius 2 is 1.92 bits per heavy atom. The lowest BCUT2D eigenvalue weighted by molar-refractivity contribution is -0.131. The van der Waals surface area contributed by atoms with Crippen molar-refractivity contribution in [2.75, 3.05) is 26.2 Å². The predicted molar refractivity (Wildman–Crippen MR) is 94.5 cm³/mol. The zero-order chi connectivity index (χ0) is 18.0. The van der Waals surface area contributed by atoms with Gasteiger partial charge in [-0.15, -0.1) is 11.3 Å². The van der Waals surface area contributed by atoms with Gasteiger partial charge in [0.15, 0.2) is 0 Å². The topological polar surface area (TPSA) is 57.7 Å². The largest absolute Gasteiger partial charge is 0.340 e. The summed E-state index contributed by atoms with van der Waals surface area (Å²) in [5.41, 5.74) is 0.297. The molecule has 5 nitrogen and oxygen atoms in total. The fourth-order valence-corrected chi connectivity index (χ4v) is 4.98. The Balaban J connectivity index is 1.64. The molecule has 0 aliphatic carbocycles. The first-order valence-electron chi connectivity index (χ1n) is 7.94. The highest BCUT2D eigenvalue weighted by Crippen LogP contribution is 2.20. The van der Waals surface area contributed by atoms with Gasteiger partial charge in [-0.1, -0.05) is 6.07 Å². The summed E-state index contributed by atoms with van der Waals surface area (Å²) < 4.78 is 40.1. The van der Waals surface area contributed by atoms with Crippen LogP contribution in [0, 0.1) is 12.7 Å². The van der Waals surface area contributed by atoms with E-state index in [1.807, 2.05) is 17.5 Å². The second-order valence-corrected chi connectivity index (χ2v) is 8.92. The minimum atomic E-state index is -3.67. The van der Waals surface area contributed by atoms with Crippen molar-refractivity contribution in [3.63, 3.8) is 0 Å². The van der Waals surface area contributed by atoms with E-state index in [1.54, 1.807) is 4.90 Å². The number of benzene rings is 1. The lowest BCUT2D eigenvalue weighted by atomic mass is 10.2. The molecule has 0 radical (unpaired) electrons. The maximum absolute atomic E-state index is 13.4. The summed E-state index contributed by atoms with van der Waals surface area (Å²) >= 11 is 1.54. The first kappa shape index (κ1) is 18.0. The van der Waals surface area contributed by atoms with Crippen LogP contribution in [0.5, 0.6) is 0 Å². The van der Waals surface area contributed by atoms with Crippen LogP contribution in [0.4, 0.5) is 4.39 Å². The van der Waals surface area contributed by atoms with Crippen LogP contribution in [0.2, 0.25) is 0 Å². The number of thiophene rings is 1. The summed E-state index contributed by atoms with van der Waals surface area (Å²) in [6.07, 6.45) is 0.349. The molecule has 2 heterocycles.